The molecular weight excluding hydrogens is 250 g/mol. The molecule has 0 unspecified atom stereocenters. The van der Waals surface area contributed by atoms with Crippen LogP contribution in [-0.2, 0) is 10.0 Å². The van der Waals surface area contributed by atoms with Gasteiger partial charge in [0, 0.05) is 6.04 Å². The van der Waals surface area contributed by atoms with E-state index in [9.17, 15) is 8.42 Å². The Labute approximate surface area is 107 Å². The second-order valence-corrected chi connectivity index (χ2v) is 6.13. The average Bonchev–Trinajstić information content (AvgIpc) is 2.84. The second-order valence-electron chi connectivity index (χ2n) is 4.24. The van der Waals surface area contributed by atoms with Crippen LogP contribution in [-0.4, -0.2) is 21.5 Å². The second kappa shape index (κ2) is 4.99. The topological polar surface area (TPSA) is 84.2 Å². The molecule has 0 amide bonds. The van der Waals surface area contributed by atoms with Crippen LogP contribution in [0.15, 0.2) is 35.2 Å². The molecule has 2 rings (SSSR count). The van der Waals surface area contributed by atoms with E-state index in [-0.39, 0.29) is 4.90 Å². The Morgan fingerprint density at radius 3 is 2.50 bits per heavy atom. The Morgan fingerprint density at radius 2 is 1.94 bits per heavy atom. The molecule has 0 aromatic heterocycles. The van der Waals surface area contributed by atoms with E-state index in [2.05, 4.69) is 22.2 Å². The first-order valence-electron chi connectivity index (χ1n) is 5.77. The van der Waals surface area contributed by atoms with Gasteiger partial charge in [0.05, 0.1) is 16.3 Å². The van der Waals surface area contributed by atoms with Crippen molar-refractivity contribution in [3.05, 3.63) is 30.4 Å². The third-order valence-corrected chi connectivity index (χ3v) is 4.38. The van der Waals surface area contributed by atoms with Crippen LogP contribution in [0.25, 0.3) is 0 Å². The minimum atomic E-state index is -3.43. The van der Waals surface area contributed by atoms with E-state index in [1.807, 2.05) is 0 Å². The third-order valence-electron chi connectivity index (χ3n) is 2.97. The molecular formula is C12H17N3O2S. The zero-order valence-electron chi connectivity index (χ0n) is 10.2. The highest BCUT2D eigenvalue weighted by molar-refractivity contribution is 7.89. The number of hydrogen-bond acceptors (Lipinski definition) is 4. The summed E-state index contributed by atoms with van der Waals surface area (Å²) in [6, 6.07) is 5.07. The molecule has 4 N–H and O–H groups in total. The largest absolute Gasteiger partial charge is 0.397 e. The molecule has 18 heavy (non-hydrogen) atoms. The van der Waals surface area contributed by atoms with Crippen molar-refractivity contribution < 1.29 is 8.42 Å². The normalized spacial score (nSPS) is 16.1. The van der Waals surface area contributed by atoms with Gasteiger partial charge in [0.1, 0.15) is 0 Å². The fourth-order valence-electron chi connectivity index (χ4n) is 1.91. The first-order valence-corrected chi connectivity index (χ1v) is 7.26. The lowest BCUT2D eigenvalue weighted by Gasteiger charge is -2.16. The van der Waals surface area contributed by atoms with Gasteiger partial charge in [0.2, 0.25) is 10.0 Å². The summed E-state index contributed by atoms with van der Waals surface area (Å²) in [6.45, 7) is 0. The lowest BCUT2D eigenvalue weighted by molar-refractivity contribution is 0.588. The number of anilines is 2. The van der Waals surface area contributed by atoms with Crippen LogP contribution in [0, 0.1) is 0 Å². The molecule has 0 atom stereocenters. The average molecular weight is 267 g/mol. The number of rotatable bonds is 4. The summed E-state index contributed by atoms with van der Waals surface area (Å²) in [5.41, 5.74) is 7.10. The zero-order chi connectivity index (χ0) is 13.2. The van der Waals surface area contributed by atoms with Crippen molar-refractivity contribution in [2.24, 2.45) is 0 Å². The van der Waals surface area contributed by atoms with Crippen molar-refractivity contribution in [2.75, 3.05) is 18.1 Å². The molecule has 0 spiro atoms. The molecule has 1 aliphatic rings. The Hall–Kier alpha value is -1.53. The summed E-state index contributed by atoms with van der Waals surface area (Å²) < 4.78 is 25.5. The van der Waals surface area contributed by atoms with E-state index in [0.29, 0.717) is 11.7 Å². The van der Waals surface area contributed by atoms with E-state index in [1.54, 1.807) is 12.1 Å². The van der Waals surface area contributed by atoms with Gasteiger partial charge >= 0.3 is 0 Å². The molecule has 5 nitrogen and oxygen atoms in total. The maximum Gasteiger partial charge on any atom is 0.240 e. The summed E-state index contributed by atoms with van der Waals surface area (Å²) in [4.78, 5) is 0.178. The minimum Gasteiger partial charge on any atom is -0.397 e. The predicted octanol–water partition coefficient (Wildman–Crippen LogP) is 1.31. The monoisotopic (exact) mass is 267 g/mol. The zero-order valence-corrected chi connectivity index (χ0v) is 11.0. The van der Waals surface area contributed by atoms with Crippen LogP contribution in [0.5, 0.6) is 0 Å². The number of sulfonamides is 1. The van der Waals surface area contributed by atoms with Crippen molar-refractivity contribution in [3.63, 3.8) is 0 Å². The number of nitrogens with two attached hydrogens (primary N) is 1. The Bertz CT molecular complexity index is 559. The van der Waals surface area contributed by atoms with E-state index in [4.69, 9.17) is 5.73 Å². The smallest absolute Gasteiger partial charge is 0.240 e. The molecule has 98 valence electrons. The van der Waals surface area contributed by atoms with Crippen molar-refractivity contribution in [2.45, 2.75) is 23.8 Å². The summed E-state index contributed by atoms with van der Waals surface area (Å²) in [7, 11) is -2.06. The standard InChI is InChI=1S/C12H17N3O2S/c1-14-18(16,17)10-6-7-12(11(13)8-10)15-9-4-2-3-5-9/h2-3,6-9,14-15H,4-5,13H2,1H3. The van der Waals surface area contributed by atoms with Crippen LogP contribution >= 0.6 is 0 Å². The summed E-state index contributed by atoms with van der Waals surface area (Å²) in [5, 5.41) is 3.30. The molecule has 0 saturated carbocycles. The highest BCUT2D eigenvalue weighted by Gasteiger charge is 2.15. The van der Waals surface area contributed by atoms with Gasteiger partial charge in [0.25, 0.3) is 0 Å². The molecule has 0 heterocycles. The Balaban J connectivity index is 2.20. The maximum atomic E-state index is 11.6. The van der Waals surface area contributed by atoms with E-state index < -0.39 is 10.0 Å². The first-order chi connectivity index (χ1) is 8.53. The van der Waals surface area contributed by atoms with Crippen molar-refractivity contribution in [1.29, 1.82) is 0 Å². The number of benzene rings is 1. The highest BCUT2D eigenvalue weighted by atomic mass is 32.2. The molecule has 0 bridgehead atoms. The summed E-state index contributed by atoms with van der Waals surface area (Å²) in [6.07, 6.45) is 6.17. The highest BCUT2D eigenvalue weighted by Crippen LogP contribution is 2.25. The van der Waals surface area contributed by atoms with E-state index in [0.717, 1.165) is 18.5 Å². The molecule has 0 saturated heterocycles. The molecule has 6 heteroatoms. The molecule has 1 aromatic rings. The predicted molar refractivity (Wildman–Crippen MR) is 72.9 cm³/mol. The molecule has 1 aromatic carbocycles. The van der Waals surface area contributed by atoms with E-state index in [1.165, 1.54) is 13.1 Å². The van der Waals surface area contributed by atoms with Crippen molar-refractivity contribution >= 4 is 21.4 Å². The van der Waals surface area contributed by atoms with Gasteiger partial charge in [-0.15, -0.1) is 0 Å². The first kappa shape index (κ1) is 12.9. The van der Waals surface area contributed by atoms with Gasteiger partial charge in [-0.3, -0.25) is 0 Å². The number of nitrogen functional groups attached to an aromatic ring is 1. The van der Waals surface area contributed by atoms with Gasteiger partial charge in [-0.1, -0.05) is 12.2 Å². The lowest BCUT2D eigenvalue weighted by atomic mass is 10.2. The fraction of sp³-hybridized carbons (Fsp3) is 0.333. The third kappa shape index (κ3) is 2.65. The van der Waals surface area contributed by atoms with Gasteiger partial charge in [-0.05, 0) is 38.1 Å². The Morgan fingerprint density at radius 1 is 1.28 bits per heavy atom. The van der Waals surface area contributed by atoms with Gasteiger partial charge < -0.3 is 11.1 Å². The van der Waals surface area contributed by atoms with Crippen LogP contribution in [0.4, 0.5) is 11.4 Å². The fourth-order valence-corrected chi connectivity index (χ4v) is 2.68. The van der Waals surface area contributed by atoms with Crippen molar-refractivity contribution in [3.8, 4) is 0 Å². The van der Waals surface area contributed by atoms with Gasteiger partial charge in [0.15, 0.2) is 0 Å². The molecule has 1 aliphatic carbocycles. The Kier molecular flexibility index (Phi) is 3.58. The maximum absolute atomic E-state index is 11.6. The van der Waals surface area contributed by atoms with Gasteiger partial charge in [-0.25, -0.2) is 13.1 Å². The SMILES string of the molecule is CNS(=O)(=O)c1ccc(NC2CC=CC2)c(N)c1. The minimum absolute atomic E-state index is 0.178. The van der Waals surface area contributed by atoms with Crippen LogP contribution in [0.3, 0.4) is 0 Å². The molecule has 0 fully saturated rings. The van der Waals surface area contributed by atoms with Crippen molar-refractivity contribution in [1.82, 2.24) is 4.72 Å². The van der Waals surface area contributed by atoms with Crippen LogP contribution in [0.1, 0.15) is 12.8 Å². The molecule has 0 radical (unpaired) electrons. The summed E-state index contributed by atoms with van der Waals surface area (Å²) >= 11 is 0. The lowest BCUT2D eigenvalue weighted by Crippen LogP contribution is -2.19. The van der Waals surface area contributed by atoms with Crippen LogP contribution < -0.4 is 15.8 Å². The van der Waals surface area contributed by atoms with Gasteiger partial charge in [-0.2, -0.15) is 0 Å². The number of hydrogen-bond donors (Lipinski definition) is 3. The quantitative estimate of drug-likeness (QED) is 0.567. The van der Waals surface area contributed by atoms with E-state index >= 15 is 0 Å². The summed E-state index contributed by atoms with van der Waals surface area (Å²) in [5.74, 6) is 0. The number of nitrogens with one attached hydrogen (secondary N) is 2. The molecule has 0 aliphatic heterocycles. The van der Waals surface area contributed by atoms with Crippen LogP contribution in [0.2, 0.25) is 0 Å².